The van der Waals surface area contributed by atoms with Gasteiger partial charge in [-0.2, -0.15) is 0 Å². The van der Waals surface area contributed by atoms with E-state index in [1.54, 1.807) is 0 Å². The molecule has 0 aromatic carbocycles. The predicted octanol–water partition coefficient (Wildman–Crippen LogP) is 4.94. The first-order chi connectivity index (χ1) is 7.96. The van der Waals surface area contributed by atoms with E-state index in [4.69, 9.17) is 4.74 Å². The minimum absolute atomic E-state index is 0.137. The van der Waals surface area contributed by atoms with Gasteiger partial charge in [0.05, 0.1) is 11.2 Å². The van der Waals surface area contributed by atoms with Crippen molar-refractivity contribution in [3.8, 4) is 0 Å². The fourth-order valence-corrected chi connectivity index (χ4v) is 3.79. The molecule has 4 unspecified atom stereocenters. The Kier molecular flexibility index (Phi) is 3.87. The van der Waals surface area contributed by atoms with Crippen molar-refractivity contribution in [2.24, 2.45) is 11.8 Å². The summed E-state index contributed by atoms with van der Waals surface area (Å²) < 4.78 is 6.73. The molecule has 0 bridgehead atoms. The van der Waals surface area contributed by atoms with Crippen molar-refractivity contribution < 1.29 is 4.74 Å². The molecule has 1 nitrogen and oxygen atoms in total. The average Bonchev–Trinajstić information content (AvgIpc) is 2.27. The minimum atomic E-state index is 0.137. The largest absolute Gasteiger partial charge is 0.369 e. The molecule has 2 rings (SSSR count). The minimum Gasteiger partial charge on any atom is -0.369 e. The lowest BCUT2D eigenvalue weighted by molar-refractivity contribution is -0.205. The molecule has 0 aromatic heterocycles. The fourth-order valence-electron chi connectivity index (χ4n) is 3.79. The van der Waals surface area contributed by atoms with Gasteiger partial charge in [-0.25, -0.2) is 0 Å². The Labute approximate surface area is 107 Å². The summed E-state index contributed by atoms with van der Waals surface area (Å²) in [7, 11) is 0. The van der Waals surface area contributed by atoms with Crippen LogP contribution in [-0.2, 0) is 4.74 Å². The molecule has 2 aliphatic rings. The van der Waals surface area contributed by atoms with E-state index in [2.05, 4.69) is 27.7 Å². The van der Waals surface area contributed by atoms with Gasteiger partial charge in [0, 0.05) is 0 Å². The number of ether oxygens (including phenoxy) is 1. The second-order valence-electron chi connectivity index (χ2n) is 7.02. The van der Waals surface area contributed by atoms with E-state index in [1.807, 2.05) is 0 Å². The Morgan fingerprint density at radius 2 is 1.18 bits per heavy atom. The molecule has 0 radical (unpaired) electrons. The standard InChI is InChI=1S/C16H30O/c1-13-9-5-7-11-15(13,3)17-16(4)12-8-6-10-14(16)2/h13-14H,5-12H2,1-4H3. The van der Waals surface area contributed by atoms with Gasteiger partial charge in [0.25, 0.3) is 0 Å². The van der Waals surface area contributed by atoms with E-state index in [0.29, 0.717) is 0 Å². The first kappa shape index (κ1) is 13.4. The zero-order valence-corrected chi connectivity index (χ0v) is 12.2. The van der Waals surface area contributed by atoms with Crippen molar-refractivity contribution in [1.82, 2.24) is 0 Å². The Hall–Kier alpha value is -0.0400. The topological polar surface area (TPSA) is 9.23 Å². The highest BCUT2D eigenvalue weighted by molar-refractivity contribution is 4.93. The second-order valence-corrected chi connectivity index (χ2v) is 7.02. The summed E-state index contributed by atoms with van der Waals surface area (Å²) in [4.78, 5) is 0. The summed E-state index contributed by atoms with van der Waals surface area (Å²) in [6.45, 7) is 9.50. The second kappa shape index (κ2) is 4.91. The van der Waals surface area contributed by atoms with E-state index < -0.39 is 0 Å². The summed E-state index contributed by atoms with van der Waals surface area (Å²) in [5.74, 6) is 1.45. The zero-order valence-electron chi connectivity index (χ0n) is 12.2. The highest BCUT2D eigenvalue weighted by Gasteiger charge is 2.44. The Bertz CT molecular complexity index is 236. The van der Waals surface area contributed by atoms with E-state index in [9.17, 15) is 0 Å². The van der Waals surface area contributed by atoms with E-state index >= 15 is 0 Å². The number of rotatable bonds is 2. The van der Waals surface area contributed by atoms with Crippen molar-refractivity contribution in [3.05, 3.63) is 0 Å². The maximum absolute atomic E-state index is 6.73. The molecule has 2 aliphatic carbocycles. The predicted molar refractivity (Wildman–Crippen MR) is 73.2 cm³/mol. The third-order valence-corrected chi connectivity index (χ3v) is 5.67. The first-order valence-corrected chi connectivity index (χ1v) is 7.66. The van der Waals surface area contributed by atoms with Gasteiger partial charge in [-0.1, -0.05) is 39.5 Å². The van der Waals surface area contributed by atoms with Gasteiger partial charge >= 0.3 is 0 Å². The van der Waals surface area contributed by atoms with Crippen LogP contribution in [0.2, 0.25) is 0 Å². The van der Waals surface area contributed by atoms with Crippen LogP contribution in [0.1, 0.15) is 79.1 Å². The van der Waals surface area contributed by atoms with Gasteiger partial charge in [0.2, 0.25) is 0 Å². The number of hydrogen-bond donors (Lipinski definition) is 0. The van der Waals surface area contributed by atoms with Gasteiger partial charge in [0.15, 0.2) is 0 Å². The summed E-state index contributed by atoms with van der Waals surface area (Å²) in [5, 5.41) is 0. The molecular formula is C16H30O. The van der Waals surface area contributed by atoms with Crippen LogP contribution in [0.25, 0.3) is 0 Å². The van der Waals surface area contributed by atoms with Crippen LogP contribution >= 0.6 is 0 Å². The first-order valence-electron chi connectivity index (χ1n) is 7.66. The molecule has 0 amide bonds. The molecule has 2 fully saturated rings. The van der Waals surface area contributed by atoms with Gasteiger partial charge in [-0.15, -0.1) is 0 Å². The molecule has 0 aliphatic heterocycles. The molecule has 0 saturated heterocycles. The van der Waals surface area contributed by atoms with Crippen LogP contribution in [0.3, 0.4) is 0 Å². The molecule has 2 saturated carbocycles. The molecule has 0 N–H and O–H groups in total. The van der Waals surface area contributed by atoms with Crippen LogP contribution in [-0.4, -0.2) is 11.2 Å². The van der Waals surface area contributed by atoms with Crippen LogP contribution < -0.4 is 0 Å². The van der Waals surface area contributed by atoms with Crippen LogP contribution in [0.4, 0.5) is 0 Å². The maximum Gasteiger partial charge on any atom is 0.0687 e. The summed E-state index contributed by atoms with van der Waals surface area (Å²) in [5.41, 5.74) is 0.275. The summed E-state index contributed by atoms with van der Waals surface area (Å²) >= 11 is 0. The van der Waals surface area contributed by atoms with E-state index in [-0.39, 0.29) is 11.2 Å². The van der Waals surface area contributed by atoms with Crippen molar-refractivity contribution >= 4 is 0 Å². The monoisotopic (exact) mass is 238 g/mol. The summed E-state index contributed by atoms with van der Waals surface area (Å²) in [6.07, 6.45) is 10.7. The normalized spacial score (nSPS) is 48.0. The summed E-state index contributed by atoms with van der Waals surface area (Å²) in [6, 6.07) is 0. The molecule has 0 heterocycles. The maximum atomic E-state index is 6.73. The van der Waals surface area contributed by atoms with Crippen molar-refractivity contribution in [2.45, 2.75) is 90.3 Å². The van der Waals surface area contributed by atoms with E-state index in [0.717, 1.165) is 11.8 Å². The Balaban J connectivity index is 2.07. The molecule has 17 heavy (non-hydrogen) atoms. The lowest BCUT2D eigenvalue weighted by atomic mass is 9.73. The Morgan fingerprint density at radius 1 is 0.765 bits per heavy atom. The van der Waals surface area contributed by atoms with Crippen LogP contribution in [0.5, 0.6) is 0 Å². The molecule has 4 atom stereocenters. The fraction of sp³-hybridized carbons (Fsp3) is 1.00. The van der Waals surface area contributed by atoms with Crippen molar-refractivity contribution in [3.63, 3.8) is 0 Å². The zero-order chi connectivity index (χ0) is 12.5. The molecule has 0 spiro atoms. The Morgan fingerprint density at radius 3 is 1.53 bits per heavy atom. The van der Waals surface area contributed by atoms with Crippen molar-refractivity contribution in [1.29, 1.82) is 0 Å². The molecule has 100 valence electrons. The third kappa shape index (κ3) is 2.70. The molecular weight excluding hydrogens is 208 g/mol. The molecule has 1 heteroatoms. The smallest absolute Gasteiger partial charge is 0.0687 e. The lowest BCUT2D eigenvalue weighted by Crippen LogP contribution is -2.50. The highest BCUT2D eigenvalue weighted by Crippen LogP contribution is 2.45. The van der Waals surface area contributed by atoms with Crippen LogP contribution in [0, 0.1) is 11.8 Å². The van der Waals surface area contributed by atoms with Crippen LogP contribution in [0.15, 0.2) is 0 Å². The average molecular weight is 238 g/mol. The van der Waals surface area contributed by atoms with Gasteiger partial charge < -0.3 is 4.74 Å². The SMILES string of the molecule is CC1CCCCC1(C)OC1(C)CCCCC1C. The van der Waals surface area contributed by atoms with Gasteiger partial charge in [-0.3, -0.25) is 0 Å². The highest BCUT2D eigenvalue weighted by atomic mass is 16.5. The third-order valence-electron chi connectivity index (χ3n) is 5.67. The molecule has 0 aromatic rings. The van der Waals surface area contributed by atoms with Crippen molar-refractivity contribution in [2.75, 3.05) is 0 Å². The van der Waals surface area contributed by atoms with E-state index in [1.165, 1.54) is 51.4 Å². The van der Waals surface area contributed by atoms with Gasteiger partial charge in [-0.05, 0) is 51.4 Å². The number of hydrogen-bond acceptors (Lipinski definition) is 1. The quantitative estimate of drug-likeness (QED) is 0.662. The van der Waals surface area contributed by atoms with Gasteiger partial charge in [0.1, 0.15) is 0 Å². The lowest BCUT2D eigenvalue weighted by Gasteiger charge is -2.50.